The molecule has 0 bridgehead atoms. The van der Waals surface area contributed by atoms with E-state index in [1.165, 1.54) is 6.07 Å². The summed E-state index contributed by atoms with van der Waals surface area (Å²) >= 11 is 15.8. The molecule has 0 aromatic heterocycles. The second-order valence-corrected chi connectivity index (χ2v) is 5.62. The second-order valence-electron chi connectivity index (χ2n) is 3.89. The Morgan fingerprint density at radius 1 is 1.21 bits per heavy atom. The summed E-state index contributed by atoms with van der Waals surface area (Å²) in [7, 11) is 1.56. The van der Waals surface area contributed by atoms with E-state index in [0.717, 1.165) is 10.0 Å². The van der Waals surface area contributed by atoms with Gasteiger partial charge in [-0.15, -0.1) is 11.6 Å². The fourth-order valence-corrected chi connectivity index (χ4v) is 2.81. The molecule has 0 radical (unpaired) electrons. The number of ether oxygens (including phenoxy) is 1. The van der Waals surface area contributed by atoms with Gasteiger partial charge in [0.25, 0.3) is 0 Å². The van der Waals surface area contributed by atoms with Crippen LogP contribution in [0.5, 0.6) is 5.75 Å². The van der Waals surface area contributed by atoms with E-state index in [1.807, 2.05) is 12.1 Å². The Labute approximate surface area is 129 Å². The summed E-state index contributed by atoms with van der Waals surface area (Å²) in [5.41, 5.74) is 1.24. The Hall–Kier alpha value is -0.770. The third-order valence-electron chi connectivity index (χ3n) is 2.72. The predicted octanol–water partition coefficient (Wildman–Crippen LogP) is 5.58. The van der Waals surface area contributed by atoms with E-state index < -0.39 is 11.2 Å². The first-order valence-electron chi connectivity index (χ1n) is 5.46. The molecule has 0 saturated heterocycles. The number of methoxy groups -OCH3 is 1. The summed E-state index contributed by atoms with van der Waals surface area (Å²) in [5.74, 6) is 0.141. The van der Waals surface area contributed by atoms with E-state index in [2.05, 4.69) is 15.9 Å². The molecule has 2 aromatic carbocycles. The smallest absolute Gasteiger partial charge is 0.142 e. The highest BCUT2D eigenvalue weighted by molar-refractivity contribution is 9.10. The van der Waals surface area contributed by atoms with Crippen molar-refractivity contribution in [3.8, 4) is 5.75 Å². The summed E-state index contributed by atoms with van der Waals surface area (Å²) in [6, 6.07) is 10.0. The zero-order valence-electron chi connectivity index (χ0n) is 9.96. The third-order valence-corrected chi connectivity index (χ3v) is 4.08. The second kappa shape index (κ2) is 6.12. The molecule has 19 heavy (non-hydrogen) atoms. The standard InChI is InChI=1S/C14H10BrCl2FO/c1-19-12-6-5-8(15)7-10(12)13(16)9-3-2-4-11(18)14(9)17/h2-7,13H,1H3. The van der Waals surface area contributed by atoms with Crippen molar-refractivity contribution in [1.29, 1.82) is 0 Å². The Kier molecular flexibility index (Phi) is 4.71. The van der Waals surface area contributed by atoms with Gasteiger partial charge in [0, 0.05) is 10.0 Å². The molecule has 5 heteroatoms. The van der Waals surface area contributed by atoms with Gasteiger partial charge in [-0.3, -0.25) is 0 Å². The van der Waals surface area contributed by atoms with Crippen LogP contribution < -0.4 is 4.74 Å². The van der Waals surface area contributed by atoms with Crippen molar-refractivity contribution in [2.75, 3.05) is 7.11 Å². The largest absolute Gasteiger partial charge is 0.496 e. The summed E-state index contributed by atoms with van der Waals surface area (Å²) in [5, 5.41) is -0.555. The maximum Gasteiger partial charge on any atom is 0.142 e. The molecule has 0 aliphatic heterocycles. The normalized spacial score (nSPS) is 12.3. The molecule has 0 aliphatic rings. The summed E-state index contributed by atoms with van der Waals surface area (Å²) in [6.07, 6.45) is 0. The van der Waals surface area contributed by atoms with Crippen molar-refractivity contribution in [3.05, 3.63) is 62.8 Å². The van der Waals surface area contributed by atoms with Crippen LogP contribution >= 0.6 is 39.1 Å². The molecule has 0 heterocycles. The molecule has 1 unspecified atom stereocenters. The van der Waals surface area contributed by atoms with Crippen molar-refractivity contribution >= 4 is 39.1 Å². The summed E-state index contributed by atoms with van der Waals surface area (Å²) in [4.78, 5) is 0. The van der Waals surface area contributed by atoms with Crippen molar-refractivity contribution in [3.63, 3.8) is 0 Å². The molecule has 1 nitrogen and oxygen atoms in total. The van der Waals surface area contributed by atoms with Crippen molar-refractivity contribution in [1.82, 2.24) is 0 Å². The highest BCUT2D eigenvalue weighted by Crippen LogP contribution is 2.39. The van der Waals surface area contributed by atoms with Crippen LogP contribution in [0.3, 0.4) is 0 Å². The fourth-order valence-electron chi connectivity index (χ4n) is 1.79. The maximum absolute atomic E-state index is 13.5. The van der Waals surface area contributed by atoms with E-state index >= 15 is 0 Å². The number of hydrogen-bond donors (Lipinski definition) is 0. The summed E-state index contributed by atoms with van der Waals surface area (Å²) in [6.45, 7) is 0. The van der Waals surface area contributed by atoms with Crippen LogP contribution in [0, 0.1) is 5.82 Å². The molecular weight excluding hydrogens is 354 g/mol. The van der Waals surface area contributed by atoms with E-state index in [4.69, 9.17) is 27.9 Å². The SMILES string of the molecule is COc1ccc(Br)cc1C(Cl)c1cccc(F)c1Cl. The lowest BCUT2D eigenvalue weighted by atomic mass is 10.0. The quantitative estimate of drug-likeness (QED) is 0.647. The zero-order chi connectivity index (χ0) is 14.0. The van der Waals surface area contributed by atoms with Crippen LogP contribution in [-0.2, 0) is 0 Å². The molecule has 0 fully saturated rings. The van der Waals surface area contributed by atoms with Gasteiger partial charge >= 0.3 is 0 Å². The van der Waals surface area contributed by atoms with Gasteiger partial charge in [0.2, 0.25) is 0 Å². The van der Waals surface area contributed by atoms with Gasteiger partial charge in [-0.05, 0) is 29.8 Å². The molecule has 0 spiro atoms. The highest BCUT2D eigenvalue weighted by atomic mass is 79.9. The Morgan fingerprint density at radius 2 is 1.95 bits per heavy atom. The van der Waals surface area contributed by atoms with Crippen LogP contribution in [-0.4, -0.2) is 7.11 Å². The minimum absolute atomic E-state index is 0.0320. The van der Waals surface area contributed by atoms with Crippen molar-refractivity contribution in [2.45, 2.75) is 5.38 Å². The van der Waals surface area contributed by atoms with Crippen LogP contribution in [0.25, 0.3) is 0 Å². The van der Waals surface area contributed by atoms with Crippen LogP contribution in [0.2, 0.25) is 5.02 Å². The minimum Gasteiger partial charge on any atom is -0.496 e. The Balaban J connectivity index is 2.52. The molecule has 100 valence electrons. The highest BCUT2D eigenvalue weighted by Gasteiger charge is 2.20. The first-order chi connectivity index (χ1) is 9.04. The van der Waals surface area contributed by atoms with E-state index in [-0.39, 0.29) is 5.02 Å². The lowest BCUT2D eigenvalue weighted by molar-refractivity contribution is 0.410. The monoisotopic (exact) mass is 362 g/mol. The molecule has 0 aliphatic carbocycles. The van der Waals surface area contributed by atoms with Gasteiger partial charge in [-0.25, -0.2) is 4.39 Å². The van der Waals surface area contributed by atoms with Gasteiger partial charge in [0.15, 0.2) is 0 Å². The van der Waals surface area contributed by atoms with Crippen LogP contribution in [0.1, 0.15) is 16.5 Å². The van der Waals surface area contributed by atoms with Crippen LogP contribution in [0.15, 0.2) is 40.9 Å². The number of hydrogen-bond acceptors (Lipinski definition) is 1. The Bertz CT molecular complexity index is 604. The molecule has 0 amide bonds. The number of alkyl halides is 1. The van der Waals surface area contributed by atoms with E-state index in [1.54, 1.807) is 25.3 Å². The first kappa shape index (κ1) is 14.6. The Morgan fingerprint density at radius 3 is 2.63 bits per heavy atom. The molecule has 2 rings (SSSR count). The number of benzene rings is 2. The zero-order valence-corrected chi connectivity index (χ0v) is 13.1. The molecule has 0 N–H and O–H groups in total. The van der Waals surface area contributed by atoms with E-state index in [0.29, 0.717) is 11.3 Å². The van der Waals surface area contributed by atoms with Crippen molar-refractivity contribution < 1.29 is 9.13 Å². The van der Waals surface area contributed by atoms with Crippen molar-refractivity contribution in [2.24, 2.45) is 0 Å². The van der Waals surface area contributed by atoms with E-state index in [9.17, 15) is 4.39 Å². The maximum atomic E-state index is 13.5. The third kappa shape index (κ3) is 3.04. The molecule has 1 atom stereocenters. The predicted molar refractivity (Wildman–Crippen MR) is 79.8 cm³/mol. The lowest BCUT2D eigenvalue weighted by Crippen LogP contribution is -1.99. The topological polar surface area (TPSA) is 9.23 Å². The average molecular weight is 364 g/mol. The molecular formula is C14H10BrCl2FO. The van der Waals surface area contributed by atoms with Gasteiger partial charge in [0.1, 0.15) is 11.6 Å². The van der Waals surface area contributed by atoms with Gasteiger partial charge in [-0.2, -0.15) is 0 Å². The molecule has 0 saturated carbocycles. The number of halogens is 4. The van der Waals surface area contributed by atoms with Gasteiger partial charge in [0.05, 0.1) is 17.5 Å². The summed E-state index contributed by atoms with van der Waals surface area (Å²) < 4.78 is 19.6. The van der Waals surface area contributed by atoms with Gasteiger partial charge < -0.3 is 4.74 Å². The minimum atomic E-state index is -0.587. The lowest BCUT2D eigenvalue weighted by Gasteiger charge is -2.16. The van der Waals surface area contributed by atoms with Gasteiger partial charge in [-0.1, -0.05) is 39.7 Å². The molecule has 2 aromatic rings. The fraction of sp³-hybridized carbons (Fsp3) is 0.143. The first-order valence-corrected chi connectivity index (χ1v) is 7.06. The number of rotatable bonds is 3. The average Bonchev–Trinajstić information content (AvgIpc) is 2.41. The van der Waals surface area contributed by atoms with Crippen LogP contribution in [0.4, 0.5) is 4.39 Å².